The van der Waals surface area contributed by atoms with Crippen molar-refractivity contribution in [2.24, 2.45) is 5.92 Å². The normalized spacial score (nSPS) is 40.3. The van der Waals surface area contributed by atoms with Crippen LogP contribution in [0.15, 0.2) is 0 Å². The Kier molecular flexibility index (Phi) is 3.74. The van der Waals surface area contributed by atoms with Gasteiger partial charge in [-0.1, -0.05) is 6.92 Å². The molecule has 2 saturated heterocycles. The molecule has 14 heavy (non-hydrogen) atoms. The van der Waals surface area contributed by atoms with Crippen LogP contribution in [0, 0.1) is 5.92 Å². The van der Waals surface area contributed by atoms with Crippen LogP contribution in [-0.2, 0) is 0 Å². The fraction of sp³-hybridized carbons (Fsp3) is 1.00. The highest BCUT2D eigenvalue weighted by Crippen LogP contribution is 2.25. The van der Waals surface area contributed by atoms with Crippen LogP contribution in [0.3, 0.4) is 0 Å². The molecule has 2 aliphatic heterocycles. The number of hydrogen-bond acceptors (Lipinski definition) is 3. The predicted octanol–water partition coefficient (Wildman–Crippen LogP) is 1.42. The third-order valence-electron chi connectivity index (χ3n) is 3.67. The molecule has 0 aliphatic carbocycles. The molecule has 3 heteroatoms. The summed E-state index contributed by atoms with van der Waals surface area (Å²) < 4.78 is 0. The molecule has 2 fully saturated rings. The second-order valence-electron chi connectivity index (χ2n) is 4.67. The Morgan fingerprint density at radius 1 is 1.43 bits per heavy atom. The van der Waals surface area contributed by atoms with E-state index in [-0.39, 0.29) is 0 Å². The first kappa shape index (κ1) is 10.8. The molecule has 2 aliphatic rings. The van der Waals surface area contributed by atoms with E-state index in [1.165, 1.54) is 38.4 Å². The van der Waals surface area contributed by atoms with E-state index >= 15 is 0 Å². The maximum Gasteiger partial charge on any atom is 0.0184 e. The molecular formula is C11H22N2S. The Morgan fingerprint density at radius 2 is 2.29 bits per heavy atom. The minimum atomic E-state index is 0.773. The van der Waals surface area contributed by atoms with E-state index in [0.29, 0.717) is 0 Å². The van der Waals surface area contributed by atoms with Crippen LogP contribution in [0.2, 0.25) is 0 Å². The summed E-state index contributed by atoms with van der Waals surface area (Å²) in [6, 6.07) is 0.773. The van der Waals surface area contributed by atoms with Crippen LogP contribution in [0.1, 0.15) is 20.3 Å². The van der Waals surface area contributed by atoms with Crippen LogP contribution in [0.4, 0.5) is 0 Å². The van der Waals surface area contributed by atoms with Gasteiger partial charge >= 0.3 is 0 Å². The molecule has 2 heterocycles. The Balaban J connectivity index is 1.83. The lowest BCUT2D eigenvalue weighted by atomic mass is 10.1. The first-order chi connectivity index (χ1) is 6.77. The highest BCUT2D eigenvalue weighted by molar-refractivity contribution is 8.00. The Bertz CT molecular complexity index is 180. The lowest BCUT2D eigenvalue weighted by Crippen LogP contribution is -2.46. The second-order valence-corrected chi connectivity index (χ2v) is 6.16. The van der Waals surface area contributed by atoms with Gasteiger partial charge in [-0.15, -0.1) is 0 Å². The lowest BCUT2D eigenvalue weighted by molar-refractivity contribution is 0.185. The van der Waals surface area contributed by atoms with E-state index in [9.17, 15) is 0 Å². The van der Waals surface area contributed by atoms with Crippen LogP contribution >= 0.6 is 11.8 Å². The monoisotopic (exact) mass is 214 g/mol. The number of nitrogens with one attached hydrogen (secondary N) is 1. The lowest BCUT2D eigenvalue weighted by Gasteiger charge is -2.38. The maximum atomic E-state index is 3.46. The molecule has 0 radical (unpaired) electrons. The average Bonchev–Trinajstić information content (AvgIpc) is 2.66. The maximum absolute atomic E-state index is 3.46. The topological polar surface area (TPSA) is 15.3 Å². The number of hydrogen-bond donors (Lipinski definition) is 1. The zero-order valence-corrected chi connectivity index (χ0v) is 10.1. The summed E-state index contributed by atoms with van der Waals surface area (Å²) in [6.45, 7) is 9.85. The van der Waals surface area contributed by atoms with Gasteiger partial charge in [-0.05, 0) is 32.4 Å². The number of rotatable bonds is 2. The highest BCUT2D eigenvalue weighted by atomic mass is 32.2. The van der Waals surface area contributed by atoms with Gasteiger partial charge in [0, 0.05) is 30.1 Å². The van der Waals surface area contributed by atoms with Gasteiger partial charge < -0.3 is 5.32 Å². The fourth-order valence-corrected chi connectivity index (χ4v) is 3.62. The minimum Gasteiger partial charge on any atom is -0.316 e. The predicted molar refractivity (Wildman–Crippen MR) is 63.9 cm³/mol. The molecule has 1 N–H and O–H groups in total. The van der Waals surface area contributed by atoms with E-state index < -0.39 is 0 Å². The van der Waals surface area contributed by atoms with Crippen molar-refractivity contribution in [2.45, 2.75) is 31.6 Å². The van der Waals surface area contributed by atoms with Gasteiger partial charge in [-0.2, -0.15) is 11.8 Å². The van der Waals surface area contributed by atoms with Gasteiger partial charge in [0.2, 0.25) is 0 Å². The second kappa shape index (κ2) is 4.86. The van der Waals surface area contributed by atoms with Gasteiger partial charge in [-0.25, -0.2) is 0 Å². The summed E-state index contributed by atoms with van der Waals surface area (Å²) >= 11 is 2.13. The van der Waals surface area contributed by atoms with Crippen LogP contribution in [0.25, 0.3) is 0 Å². The van der Waals surface area contributed by atoms with Gasteiger partial charge in [0.25, 0.3) is 0 Å². The minimum absolute atomic E-state index is 0.773. The van der Waals surface area contributed by atoms with E-state index in [0.717, 1.165) is 17.2 Å². The SMILES string of the molecule is CC1SCCN(C[C@H]2CCNC2)C1C. The summed E-state index contributed by atoms with van der Waals surface area (Å²) in [5.41, 5.74) is 0. The smallest absolute Gasteiger partial charge is 0.0184 e. The van der Waals surface area contributed by atoms with Crippen molar-refractivity contribution in [1.29, 1.82) is 0 Å². The third kappa shape index (κ3) is 2.44. The molecule has 82 valence electrons. The Labute approximate surface area is 91.8 Å². The number of thioether (sulfide) groups is 1. The Morgan fingerprint density at radius 3 is 3.00 bits per heavy atom. The van der Waals surface area contributed by atoms with Crippen molar-refractivity contribution in [3.8, 4) is 0 Å². The molecular weight excluding hydrogens is 192 g/mol. The molecule has 3 atom stereocenters. The van der Waals surface area contributed by atoms with Crippen molar-refractivity contribution in [2.75, 3.05) is 31.9 Å². The van der Waals surface area contributed by atoms with Crippen molar-refractivity contribution < 1.29 is 0 Å². The molecule has 0 saturated carbocycles. The van der Waals surface area contributed by atoms with Crippen LogP contribution in [0.5, 0.6) is 0 Å². The van der Waals surface area contributed by atoms with Crippen molar-refractivity contribution in [3.63, 3.8) is 0 Å². The molecule has 2 unspecified atom stereocenters. The van der Waals surface area contributed by atoms with Crippen LogP contribution in [-0.4, -0.2) is 48.1 Å². The summed E-state index contributed by atoms with van der Waals surface area (Å²) in [5.74, 6) is 2.24. The zero-order valence-electron chi connectivity index (χ0n) is 9.33. The van der Waals surface area contributed by atoms with Gasteiger partial charge in [-0.3, -0.25) is 4.90 Å². The molecule has 0 aromatic heterocycles. The number of nitrogens with zero attached hydrogens (tertiary/aromatic N) is 1. The summed E-state index contributed by atoms with van der Waals surface area (Å²) in [6.07, 6.45) is 1.38. The highest BCUT2D eigenvalue weighted by Gasteiger charge is 2.27. The molecule has 2 nitrogen and oxygen atoms in total. The summed E-state index contributed by atoms with van der Waals surface area (Å²) in [7, 11) is 0. The summed E-state index contributed by atoms with van der Waals surface area (Å²) in [5, 5.41) is 4.27. The average molecular weight is 214 g/mol. The molecule has 0 amide bonds. The van der Waals surface area contributed by atoms with Gasteiger partial charge in [0.1, 0.15) is 0 Å². The fourth-order valence-electron chi connectivity index (χ4n) is 2.46. The standard InChI is InChI=1S/C11H22N2S/c1-9-10(2)14-6-5-13(9)8-11-3-4-12-7-11/h9-12H,3-8H2,1-2H3/t9?,10?,11-/m0/s1. The van der Waals surface area contributed by atoms with Gasteiger partial charge in [0.05, 0.1) is 0 Å². The first-order valence-electron chi connectivity index (χ1n) is 5.83. The molecule has 0 aromatic carbocycles. The first-order valence-corrected chi connectivity index (χ1v) is 6.88. The van der Waals surface area contributed by atoms with Crippen molar-refractivity contribution in [1.82, 2.24) is 10.2 Å². The molecule has 0 bridgehead atoms. The summed E-state index contributed by atoms with van der Waals surface area (Å²) in [4.78, 5) is 2.69. The molecule has 0 spiro atoms. The largest absolute Gasteiger partial charge is 0.316 e. The third-order valence-corrected chi connectivity index (χ3v) is 5.01. The van der Waals surface area contributed by atoms with Gasteiger partial charge in [0.15, 0.2) is 0 Å². The van der Waals surface area contributed by atoms with E-state index in [1.54, 1.807) is 0 Å². The van der Waals surface area contributed by atoms with E-state index in [4.69, 9.17) is 0 Å². The Hall–Kier alpha value is 0.270. The van der Waals surface area contributed by atoms with E-state index in [2.05, 4.69) is 35.8 Å². The van der Waals surface area contributed by atoms with Crippen molar-refractivity contribution >= 4 is 11.8 Å². The zero-order chi connectivity index (χ0) is 9.97. The van der Waals surface area contributed by atoms with E-state index in [1.807, 2.05) is 0 Å². The quantitative estimate of drug-likeness (QED) is 0.748. The molecule has 0 aromatic rings. The molecule has 2 rings (SSSR count). The van der Waals surface area contributed by atoms with Crippen LogP contribution < -0.4 is 5.32 Å². The van der Waals surface area contributed by atoms with Crippen molar-refractivity contribution in [3.05, 3.63) is 0 Å².